The molecule has 60 heavy (non-hydrogen) atoms. The van der Waals surface area contributed by atoms with Gasteiger partial charge in [0.1, 0.15) is 24.2 Å². The zero-order chi connectivity index (χ0) is 44.4. The second-order valence-electron chi connectivity index (χ2n) is 18.9. The number of aryl methyl sites for hydroxylation is 1. The summed E-state index contributed by atoms with van der Waals surface area (Å²) in [5, 5.41) is 10.8. The van der Waals surface area contributed by atoms with E-state index in [1.54, 1.807) is 0 Å². The predicted octanol–water partition coefficient (Wildman–Crippen LogP) is 11.9. The molecule has 0 fully saturated rings. The van der Waals surface area contributed by atoms with Crippen molar-refractivity contribution >= 4 is 28.4 Å². The van der Waals surface area contributed by atoms with Crippen LogP contribution in [0.4, 0.5) is 0 Å². The van der Waals surface area contributed by atoms with Gasteiger partial charge in [0.25, 0.3) is 0 Å². The lowest BCUT2D eigenvalue weighted by atomic mass is 9.82. The van der Waals surface area contributed by atoms with Crippen LogP contribution in [0.1, 0.15) is 111 Å². The van der Waals surface area contributed by atoms with Crippen molar-refractivity contribution in [3.05, 3.63) is 102 Å². The fraction of sp³-hybridized carbons (Fsp3) is 0.600. The van der Waals surface area contributed by atoms with E-state index in [1.165, 1.54) is 5.56 Å². The first-order valence-corrected chi connectivity index (χ1v) is 27.9. The Labute approximate surface area is 365 Å². The van der Waals surface area contributed by atoms with E-state index in [0.29, 0.717) is 19.8 Å². The largest absolute Gasteiger partial charge is 0.489 e. The summed E-state index contributed by atoms with van der Waals surface area (Å²) in [5.74, 6) is 0.0166. The molecule has 0 bridgehead atoms. The minimum Gasteiger partial charge on any atom is -0.489 e. The summed E-state index contributed by atoms with van der Waals surface area (Å²) < 4.78 is 31.9. The maximum atomic E-state index is 14.3. The lowest BCUT2D eigenvalue weighted by molar-refractivity contribution is -0.159. The number of esters is 1. The summed E-state index contributed by atoms with van der Waals surface area (Å²) in [4.78, 5) is 27.9. The number of aliphatic hydroxyl groups excluding tert-OH is 1. The number of hydrogen-bond donors (Lipinski definition) is 1. The van der Waals surface area contributed by atoms with Crippen molar-refractivity contribution in [3.63, 3.8) is 0 Å². The Morgan fingerprint density at radius 3 is 1.90 bits per heavy atom. The van der Waals surface area contributed by atoms with Gasteiger partial charge in [0.05, 0.1) is 31.8 Å². The van der Waals surface area contributed by atoms with Crippen molar-refractivity contribution in [2.75, 3.05) is 13.2 Å². The number of benzene rings is 3. The lowest BCUT2D eigenvalue weighted by Gasteiger charge is -2.40. The molecule has 3 rings (SSSR count). The van der Waals surface area contributed by atoms with Crippen LogP contribution < -0.4 is 4.74 Å². The number of carbonyl (C=O) groups excluding carboxylic acids is 2. The van der Waals surface area contributed by atoms with E-state index in [1.807, 2.05) is 68.4 Å². The van der Waals surface area contributed by atoms with Crippen LogP contribution >= 0.6 is 0 Å². The maximum Gasteiger partial charge on any atom is 0.308 e. The Morgan fingerprint density at radius 2 is 1.32 bits per heavy atom. The molecule has 8 nitrogen and oxygen atoms in total. The third kappa shape index (κ3) is 17.0. The molecule has 0 spiro atoms. The zero-order valence-electron chi connectivity index (χ0n) is 38.9. The van der Waals surface area contributed by atoms with Gasteiger partial charge in [0.2, 0.25) is 0 Å². The Kier molecular flexibility index (Phi) is 20.9. The molecule has 0 aliphatic heterocycles. The molecule has 0 saturated carbocycles. The van der Waals surface area contributed by atoms with Crippen molar-refractivity contribution in [2.45, 2.75) is 169 Å². The standard InChI is InChI=1S/C50H78O8Si2/c1-12-60(13-2,14-3)58-45(31-22-21-24-40-29-23-30-44(32-40)55-36-42-27-19-16-20-28-42)39(4)46(34-47(52)50(8,9)38-56-59(10,11)49(5,6)7)57-48(53)33-43(51)37-54-35-41-25-17-15-18-26-41/h15-20,23,25-30,32,39,43,45-46,51H,12-14,21-22,24,31,33-38H2,1-11H3/t39-,43-,45-,46+/m1/s1. The molecule has 3 aromatic rings. The van der Waals surface area contributed by atoms with Crippen LogP contribution in [-0.4, -0.2) is 65.0 Å². The van der Waals surface area contributed by atoms with Crippen LogP contribution in [0.3, 0.4) is 0 Å². The first kappa shape index (κ1) is 51.2. The molecule has 3 aromatic carbocycles. The summed E-state index contributed by atoms with van der Waals surface area (Å²) in [6.07, 6.45) is 1.33. The van der Waals surface area contributed by atoms with Crippen molar-refractivity contribution < 1.29 is 37.8 Å². The Hall–Kier alpha value is -3.13. The Bertz CT molecular complexity index is 1680. The fourth-order valence-corrected chi connectivity index (χ4v) is 11.1. The summed E-state index contributed by atoms with van der Waals surface area (Å²) >= 11 is 0. The average molecular weight is 863 g/mol. The third-order valence-corrected chi connectivity index (χ3v) is 21.9. The minimum absolute atomic E-state index is 0.00206. The number of ketones is 1. The van der Waals surface area contributed by atoms with Crippen LogP contribution in [0, 0.1) is 11.3 Å². The topological polar surface area (TPSA) is 101 Å². The van der Waals surface area contributed by atoms with Gasteiger partial charge >= 0.3 is 5.97 Å². The number of aliphatic hydroxyl groups is 1. The van der Waals surface area contributed by atoms with Gasteiger partial charge in [-0.2, -0.15) is 0 Å². The molecule has 0 radical (unpaired) electrons. The molecule has 0 aliphatic rings. The van der Waals surface area contributed by atoms with E-state index >= 15 is 0 Å². The van der Waals surface area contributed by atoms with Gasteiger partial charge in [0, 0.05) is 24.4 Å². The van der Waals surface area contributed by atoms with E-state index in [4.69, 9.17) is 23.1 Å². The highest BCUT2D eigenvalue weighted by atomic mass is 28.4. The molecule has 0 amide bonds. The minimum atomic E-state index is -2.12. The molecule has 0 aromatic heterocycles. The summed E-state index contributed by atoms with van der Waals surface area (Å²) in [6, 6.07) is 31.2. The SMILES string of the molecule is CC[Si](CC)(CC)O[C@H](CCCCc1cccc(OCc2ccccc2)c1)[C@@H](C)[C@H](CC(=O)C(C)(C)CO[Si](C)(C)C(C)(C)C)OC(=O)C[C@@H](O)COCc1ccccc1. The van der Waals surface area contributed by atoms with Gasteiger partial charge in [-0.1, -0.05) is 142 Å². The highest BCUT2D eigenvalue weighted by Gasteiger charge is 2.42. The maximum absolute atomic E-state index is 14.3. The molecular weight excluding hydrogens is 785 g/mol. The van der Waals surface area contributed by atoms with Gasteiger partial charge in [-0.25, -0.2) is 0 Å². The van der Waals surface area contributed by atoms with Gasteiger partial charge < -0.3 is 28.2 Å². The number of rotatable bonds is 28. The molecule has 0 unspecified atom stereocenters. The quantitative estimate of drug-likeness (QED) is 0.0438. The van der Waals surface area contributed by atoms with Gasteiger partial charge in [-0.05, 0) is 84.4 Å². The summed E-state index contributed by atoms with van der Waals surface area (Å²) in [5.41, 5.74) is 2.54. The summed E-state index contributed by atoms with van der Waals surface area (Å²) in [6.45, 7) is 24.7. The number of ether oxygens (including phenoxy) is 3. The van der Waals surface area contributed by atoms with Crippen LogP contribution in [0.2, 0.25) is 36.3 Å². The molecule has 4 atom stereocenters. The lowest BCUT2D eigenvalue weighted by Crippen LogP contribution is -2.47. The molecule has 0 heterocycles. The third-order valence-electron chi connectivity index (χ3n) is 12.7. The van der Waals surface area contributed by atoms with Gasteiger partial charge in [-0.15, -0.1) is 0 Å². The van der Waals surface area contributed by atoms with E-state index < -0.39 is 40.2 Å². The highest BCUT2D eigenvalue weighted by Crippen LogP contribution is 2.38. The van der Waals surface area contributed by atoms with E-state index in [9.17, 15) is 14.7 Å². The predicted molar refractivity (Wildman–Crippen MR) is 249 cm³/mol. The summed E-state index contributed by atoms with van der Waals surface area (Å²) in [7, 11) is -4.23. The van der Waals surface area contributed by atoms with Crippen LogP contribution in [0.5, 0.6) is 5.75 Å². The molecule has 0 saturated heterocycles. The smallest absolute Gasteiger partial charge is 0.308 e. The van der Waals surface area contributed by atoms with Crippen LogP contribution in [0.15, 0.2) is 84.9 Å². The van der Waals surface area contributed by atoms with Gasteiger partial charge in [0.15, 0.2) is 16.6 Å². The molecule has 1 N–H and O–H groups in total. The first-order valence-electron chi connectivity index (χ1n) is 22.4. The van der Waals surface area contributed by atoms with E-state index in [0.717, 1.165) is 60.7 Å². The molecule has 10 heteroatoms. The van der Waals surface area contributed by atoms with Crippen molar-refractivity contribution in [1.82, 2.24) is 0 Å². The fourth-order valence-electron chi connectivity index (χ4n) is 7.00. The van der Waals surface area contributed by atoms with Crippen LogP contribution in [0.25, 0.3) is 0 Å². The second kappa shape index (κ2) is 24.5. The Morgan fingerprint density at radius 1 is 0.733 bits per heavy atom. The normalized spacial score (nSPS) is 14.6. The number of carbonyl (C=O) groups is 2. The van der Waals surface area contributed by atoms with Crippen LogP contribution in [-0.2, 0) is 47.5 Å². The highest BCUT2D eigenvalue weighted by molar-refractivity contribution is 6.74. The van der Waals surface area contributed by atoms with Crippen molar-refractivity contribution in [1.29, 1.82) is 0 Å². The average Bonchev–Trinajstić information content (AvgIpc) is 3.22. The first-order chi connectivity index (χ1) is 28.3. The zero-order valence-corrected chi connectivity index (χ0v) is 40.9. The van der Waals surface area contributed by atoms with E-state index in [-0.39, 0.29) is 42.3 Å². The van der Waals surface area contributed by atoms with E-state index in [2.05, 4.69) is 91.9 Å². The number of hydrogen-bond acceptors (Lipinski definition) is 8. The molecule has 334 valence electrons. The molecule has 0 aliphatic carbocycles. The van der Waals surface area contributed by atoms with Crippen molar-refractivity contribution in [2.24, 2.45) is 11.3 Å². The number of unbranched alkanes of at least 4 members (excludes halogenated alkanes) is 1. The Balaban J connectivity index is 1.79. The molecular formula is C50H78O8Si2. The van der Waals surface area contributed by atoms with Crippen molar-refractivity contribution in [3.8, 4) is 5.75 Å². The van der Waals surface area contributed by atoms with Gasteiger partial charge in [-0.3, -0.25) is 9.59 Å². The monoisotopic (exact) mass is 863 g/mol. The second-order valence-corrected chi connectivity index (χ2v) is 28.4. The number of Topliss-reactive ketones (excluding diaryl/α,β-unsaturated/α-hetero) is 1.